The third kappa shape index (κ3) is 43.6. The third-order valence-corrected chi connectivity index (χ3v) is 7.89. The molecule has 11 heteroatoms. The Labute approximate surface area is 300 Å². The van der Waals surface area contributed by atoms with Gasteiger partial charge in [-0.3, -0.25) is 0 Å². The highest BCUT2D eigenvalue weighted by Crippen LogP contribution is 2.13. The number of unbranched alkanes of at least 4 members (excludes halogenated alkanes) is 15. The molecule has 0 rings (SSSR count). The maximum absolute atomic E-state index is 9.70. The van der Waals surface area contributed by atoms with Crippen LogP contribution in [0.1, 0.15) is 117 Å². The van der Waals surface area contributed by atoms with E-state index in [1.54, 1.807) is 6.92 Å². The van der Waals surface area contributed by atoms with Gasteiger partial charge in [-0.05, 0) is 13.3 Å². The number of hydrogen-bond donors (Lipinski definition) is 2. The van der Waals surface area contributed by atoms with Crippen molar-refractivity contribution in [3.63, 3.8) is 0 Å². The lowest BCUT2D eigenvalue weighted by Crippen LogP contribution is -2.26. The molecule has 0 aromatic rings. The molecule has 0 fully saturated rings. The highest BCUT2D eigenvalue weighted by Gasteiger charge is 2.07. The van der Waals surface area contributed by atoms with Gasteiger partial charge >= 0.3 is 0 Å². The van der Waals surface area contributed by atoms with Gasteiger partial charge in [-0.15, -0.1) is 0 Å². The van der Waals surface area contributed by atoms with Crippen molar-refractivity contribution in [2.24, 2.45) is 0 Å². The van der Waals surface area contributed by atoms with Gasteiger partial charge in [0.2, 0.25) is 0 Å². The van der Waals surface area contributed by atoms with Gasteiger partial charge in [0.15, 0.2) is 0 Å². The maximum Gasteiger partial charge on any atom is 0.101 e. The van der Waals surface area contributed by atoms with E-state index in [1.165, 1.54) is 96.3 Å². The summed E-state index contributed by atoms with van der Waals surface area (Å²) in [7, 11) is 0. The van der Waals surface area contributed by atoms with Crippen LogP contribution in [0.25, 0.3) is 0 Å². The molecule has 2 atom stereocenters. The Morgan fingerprint density at radius 3 is 0.980 bits per heavy atom. The van der Waals surface area contributed by atoms with Crippen molar-refractivity contribution in [2.75, 3.05) is 119 Å². The molecule has 2 unspecified atom stereocenters. The Bertz CT molecular complexity index is 588. The number of ether oxygens (including phenoxy) is 9. The van der Waals surface area contributed by atoms with E-state index in [9.17, 15) is 5.11 Å². The van der Waals surface area contributed by atoms with Crippen molar-refractivity contribution in [2.45, 2.75) is 129 Å². The summed E-state index contributed by atoms with van der Waals surface area (Å²) in [5, 5.41) is 18.6. The monoisotopic (exact) mass is 711 g/mol. The lowest BCUT2D eigenvalue weighted by atomic mass is 10.0. The quantitative estimate of drug-likeness (QED) is 0.0709. The average Bonchev–Trinajstić information content (AvgIpc) is 3.11. The molecule has 0 saturated heterocycles. The van der Waals surface area contributed by atoms with Crippen LogP contribution < -0.4 is 0 Å². The summed E-state index contributed by atoms with van der Waals surface area (Å²) in [5.41, 5.74) is 0. The summed E-state index contributed by atoms with van der Waals surface area (Å²) in [5.74, 6) is 0. The Morgan fingerprint density at radius 2 is 0.653 bits per heavy atom. The molecule has 0 aromatic carbocycles. The van der Waals surface area contributed by atoms with Crippen molar-refractivity contribution < 1.29 is 52.8 Å². The number of aliphatic hydroxyl groups is 2. The topological polar surface area (TPSA) is 124 Å². The van der Waals surface area contributed by atoms with E-state index in [4.69, 9.17) is 47.7 Å². The second-order valence-corrected chi connectivity index (χ2v) is 12.6. The van der Waals surface area contributed by atoms with Crippen LogP contribution in [-0.2, 0) is 42.6 Å². The molecule has 49 heavy (non-hydrogen) atoms. The molecule has 296 valence electrons. The SMILES string of the molecule is CCCCCCCCCCCCCCCCCCOCCOCCOCCOCCOCCOCCOCCOCC(O)COC(C)CO. The molecule has 0 aliphatic carbocycles. The minimum atomic E-state index is -0.722. The van der Waals surface area contributed by atoms with Crippen LogP contribution in [-0.4, -0.2) is 141 Å². The fraction of sp³-hybridized carbons (Fsp3) is 1.00. The Balaban J connectivity index is 3.08. The molecule has 0 bridgehead atoms. The molecule has 11 nitrogen and oxygen atoms in total. The van der Waals surface area contributed by atoms with Crippen LogP contribution in [0.2, 0.25) is 0 Å². The second kappa shape index (κ2) is 43.7. The summed E-state index contributed by atoms with van der Waals surface area (Å²) < 4.78 is 49.2. The van der Waals surface area contributed by atoms with Crippen LogP contribution in [0.15, 0.2) is 0 Å². The summed E-state index contributed by atoms with van der Waals surface area (Å²) >= 11 is 0. The highest BCUT2D eigenvalue weighted by atomic mass is 16.6. The first-order valence-corrected chi connectivity index (χ1v) is 19.7. The molecule has 0 aliphatic rings. The van der Waals surface area contributed by atoms with E-state index in [2.05, 4.69) is 6.92 Å². The number of aliphatic hydroxyl groups excluding tert-OH is 2. The first kappa shape index (κ1) is 48.6. The summed E-state index contributed by atoms with van der Waals surface area (Å²) in [6.07, 6.45) is 21.1. The van der Waals surface area contributed by atoms with Gasteiger partial charge in [-0.25, -0.2) is 0 Å². The van der Waals surface area contributed by atoms with Crippen LogP contribution in [0.5, 0.6) is 0 Å². The summed E-state index contributed by atoms with van der Waals surface area (Å²) in [6.45, 7) is 12.3. The predicted octanol–water partition coefficient (Wildman–Crippen LogP) is 6.14. The number of hydrogen-bond acceptors (Lipinski definition) is 11. The zero-order valence-electron chi connectivity index (χ0n) is 31.8. The maximum atomic E-state index is 9.70. The summed E-state index contributed by atoms with van der Waals surface area (Å²) in [4.78, 5) is 0. The van der Waals surface area contributed by atoms with Crippen LogP contribution in [0, 0.1) is 0 Å². The lowest BCUT2D eigenvalue weighted by Gasteiger charge is -2.15. The molecule has 0 spiro atoms. The van der Waals surface area contributed by atoms with Gasteiger partial charge in [-0.2, -0.15) is 0 Å². The van der Waals surface area contributed by atoms with Crippen LogP contribution >= 0.6 is 0 Å². The van der Waals surface area contributed by atoms with E-state index < -0.39 is 6.10 Å². The van der Waals surface area contributed by atoms with Gasteiger partial charge in [0.05, 0.1) is 118 Å². The molecular weight excluding hydrogens is 632 g/mol. The average molecular weight is 711 g/mol. The van der Waals surface area contributed by atoms with Crippen LogP contribution in [0.4, 0.5) is 0 Å². The zero-order chi connectivity index (χ0) is 35.6. The van der Waals surface area contributed by atoms with E-state index in [0.29, 0.717) is 92.5 Å². The van der Waals surface area contributed by atoms with Gasteiger partial charge in [0, 0.05) is 6.61 Å². The lowest BCUT2D eigenvalue weighted by molar-refractivity contribution is -0.0604. The molecular formula is C38H78O11. The number of rotatable bonds is 44. The molecule has 0 heterocycles. The van der Waals surface area contributed by atoms with E-state index in [0.717, 1.165) is 13.0 Å². The van der Waals surface area contributed by atoms with Gasteiger partial charge in [0.25, 0.3) is 0 Å². The van der Waals surface area contributed by atoms with Crippen molar-refractivity contribution >= 4 is 0 Å². The molecule has 0 amide bonds. The predicted molar refractivity (Wildman–Crippen MR) is 195 cm³/mol. The van der Waals surface area contributed by atoms with E-state index in [1.807, 2.05) is 0 Å². The molecule has 0 aromatic heterocycles. The van der Waals surface area contributed by atoms with Crippen molar-refractivity contribution in [3.05, 3.63) is 0 Å². The molecule has 0 radical (unpaired) electrons. The minimum absolute atomic E-state index is 0.0756. The normalized spacial score (nSPS) is 13.0. The van der Waals surface area contributed by atoms with Crippen molar-refractivity contribution in [1.29, 1.82) is 0 Å². The largest absolute Gasteiger partial charge is 0.394 e. The van der Waals surface area contributed by atoms with Gasteiger partial charge in [-0.1, -0.05) is 103 Å². The third-order valence-electron chi connectivity index (χ3n) is 7.89. The Hall–Kier alpha value is -0.440. The first-order chi connectivity index (χ1) is 24.2. The first-order valence-electron chi connectivity index (χ1n) is 19.7. The molecule has 0 saturated carbocycles. The second-order valence-electron chi connectivity index (χ2n) is 12.6. The van der Waals surface area contributed by atoms with Gasteiger partial charge < -0.3 is 52.8 Å². The zero-order valence-corrected chi connectivity index (χ0v) is 31.8. The van der Waals surface area contributed by atoms with E-state index in [-0.39, 0.29) is 25.9 Å². The summed E-state index contributed by atoms with van der Waals surface area (Å²) in [6, 6.07) is 0. The smallest absolute Gasteiger partial charge is 0.101 e. The molecule has 2 N–H and O–H groups in total. The Morgan fingerprint density at radius 1 is 0.367 bits per heavy atom. The highest BCUT2D eigenvalue weighted by molar-refractivity contribution is 4.54. The minimum Gasteiger partial charge on any atom is -0.394 e. The fourth-order valence-corrected chi connectivity index (χ4v) is 4.89. The fourth-order valence-electron chi connectivity index (χ4n) is 4.89. The van der Waals surface area contributed by atoms with Gasteiger partial charge in [0.1, 0.15) is 6.10 Å². The molecule has 0 aliphatic heterocycles. The van der Waals surface area contributed by atoms with Crippen molar-refractivity contribution in [1.82, 2.24) is 0 Å². The Kier molecular flexibility index (Phi) is 43.3. The standard InChI is InChI=1S/C38H78O11/c1-3-4-5-6-7-8-9-10-11-12-13-14-15-16-17-18-19-41-20-21-42-22-23-43-24-25-44-26-27-45-28-29-46-30-31-47-32-33-48-35-38(40)36-49-37(2)34-39/h37-40H,3-36H2,1-2H3. The van der Waals surface area contributed by atoms with Crippen LogP contribution in [0.3, 0.4) is 0 Å². The van der Waals surface area contributed by atoms with Crippen molar-refractivity contribution in [3.8, 4) is 0 Å². The van der Waals surface area contributed by atoms with E-state index >= 15 is 0 Å².